The number of nitrogens with one attached hydrogen (secondary N) is 1. The first kappa shape index (κ1) is 15.2. The maximum atomic E-state index is 11.2. The fraction of sp³-hybridized carbons (Fsp3) is 0.467. The highest BCUT2D eigenvalue weighted by atomic mass is 16.4. The van der Waals surface area contributed by atoms with Gasteiger partial charge in [0.1, 0.15) is 0 Å². The Labute approximate surface area is 113 Å². The first-order valence-electron chi connectivity index (χ1n) is 6.44. The van der Waals surface area contributed by atoms with E-state index in [1.165, 1.54) is 18.1 Å². The summed E-state index contributed by atoms with van der Waals surface area (Å²) in [6, 6.07) is 5.93. The van der Waals surface area contributed by atoms with Gasteiger partial charge in [0.05, 0.1) is 0 Å². The van der Waals surface area contributed by atoms with Crippen LogP contribution in [0.3, 0.4) is 0 Å². The molecule has 4 nitrogen and oxygen atoms in total. The number of hydrogen-bond acceptors (Lipinski definition) is 2. The minimum Gasteiger partial charge on any atom is -0.481 e. The highest BCUT2D eigenvalue weighted by molar-refractivity contribution is 5.73. The van der Waals surface area contributed by atoms with Gasteiger partial charge in [-0.1, -0.05) is 18.2 Å². The summed E-state index contributed by atoms with van der Waals surface area (Å²) in [5, 5.41) is 11.6. The third-order valence-electron chi connectivity index (χ3n) is 3.30. The number of carbonyl (C=O) groups is 2. The fourth-order valence-corrected chi connectivity index (χ4v) is 2.11. The van der Waals surface area contributed by atoms with E-state index < -0.39 is 5.97 Å². The van der Waals surface area contributed by atoms with Crippen LogP contribution in [0.4, 0.5) is 0 Å². The summed E-state index contributed by atoms with van der Waals surface area (Å²) in [5.41, 5.74) is 3.56. The number of carboxylic acids is 1. The summed E-state index contributed by atoms with van der Waals surface area (Å²) in [6.45, 7) is 5.55. The number of rotatable bonds is 6. The van der Waals surface area contributed by atoms with Crippen molar-refractivity contribution in [1.82, 2.24) is 5.32 Å². The average molecular weight is 263 g/mol. The zero-order valence-corrected chi connectivity index (χ0v) is 11.7. The number of benzene rings is 1. The molecule has 1 aromatic rings. The van der Waals surface area contributed by atoms with E-state index in [1.54, 1.807) is 0 Å². The molecule has 0 aromatic heterocycles. The molecule has 104 valence electrons. The Hall–Kier alpha value is -1.84. The van der Waals surface area contributed by atoms with Crippen LogP contribution in [0, 0.1) is 13.8 Å². The van der Waals surface area contributed by atoms with Crippen molar-refractivity contribution in [2.45, 2.75) is 46.1 Å². The summed E-state index contributed by atoms with van der Waals surface area (Å²) >= 11 is 0. The molecule has 0 aliphatic carbocycles. The molecule has 0 bridgehead atoms. The molecule has 0 spiro atoms. The minimum absolute atomic E-state index is 0.0653. The van der Waals surface area contributed by atoms with E-state index in [0.717, 1.165) is 5.56 Å². The lowest BCUT2D eigenvalue weighted by Crippen LogP contribution is -2.35. The van der Waals surface area contributed by atoms with E-state index in [4.69, 9.17) is 5.11 Å². The summed E-state index contributed by atoms with van der Waals surface area (Å²) in [6.07, 6.45) is 1.18. The van der Waals surface area contributed by atoms with E-state index in [1.807, 2.05) is 32.0 Å². The molecule has 0 aliphatic heterocycles. The normalized spacial score (nSPS) is 11.9. The Kier molecular flexibility index (Phi) is 5.55. The van der Waals surface area contributed by atoms with Crippen LogP contribution in [0.1, 0.15) is 36.5 Å². The maximum Gasteiger partial charge on any atom is 0.303 e. The monoisotopic (exact) mass is 263 g/mol. The fourth-order valence-electron chi connectivity index (χ4n) is 2.11. The Morgan fingerprint density at radius 1 is 1.32 bits per heavy atom. The van der Waals surface area contributed by atoms with Crippen molar-refractivity contribution in [2.75, 3.05) is 0 Å². The molecule has 19 heavy (non-hydrogen) atoms. The Balaban J connectivity index is 2.78. The second kappa shape index (κ2) is 6.92. The van der Waals surface area contributed by atoms with Crippen LogP contribution in [0.5, 0.6) is 0 Å². The zero-order valence-electron chi connectivity index (χ0n) is 11.7. The van der Waals surface area contributed by atoms with Crippen LogP contribution in [0.25, 0.3) is 0 Å². The first-order valence-corrected chi connectivity index (χ1v) is 6.44. The van der Waals surface area contributed by atoms with E-state index >= 15 is 0 Å². The van der Waals surface area contributed by atoms with Gasteiger partial charge in [-0.2, -0.15) is 0 Å². The van der Waals surface area contributed by atoms with Crippen molar-refractivity contribution >= 4 is 11.9 Å². The second-order valence-corrected chi connectivity index (χ2v) is 4.89. The lowest BCUT2D eigenvalue weighted by atomic mass is 9.95. The summed E-state index contributed by atoms with van der Waals surface area (Å²) in [4.78, 5) is 21.8. The summed E-state index contributed by atoms with van der Waals surface area (Å²) in [7, 11) is 0. The third-order valence-corrected chi connectivity index (χ3v) is 3.30. The standard InChI is InChI=1S/C15H21NO3/c1-10-5-4-6-13(11(10)2)9-14(16-12(3)17)7-8-15(18)19/h4-6,14H,7-9H2,1-3H3,(H,16,17)(H,18,19). The number of aryl methyl sites for hydroxylation is 1. The number of carboxylic acid groups (broad SMARTS) is 1. The number of hydrogen-bond donors (Lipinski definition) is 2. The molecular weight excluding hydrogens is 242 g/mol. The lowest BCUT2D eigenvalue weighted by molar-refractivity contribution is -0.137. The van der Waals surface area contributed by atoms with Crippen LogP contribution < -0.4 is 5.32 Å². The average Bonchev–Trinajstić information content (AvgIpc) is 2.31. The molecule has 0 saturated carbocycles. The van der Waals surface area contributed by atoms with E-state index in [0.29, 0.717) is 12.8 Å². The molecule has 1 aromatic carbocycles. The molecule has 1 atom stereocenters. The Morgan fingerprint density at radius 3 is 2.58 bits per heavy atom. The molecule has 0 radical (unpaired) electrons. The quantitative estimate of drug-likeness (QED) is 0.827. The van der Waals surface area contributed by atoms with E-state index in [2.05, 4.69) is 5.32 Å². The van der Waals surface area contributed by atoms with Gasteiger partial charge in [0, 0.05) is 19.4 Å². The molecule has 0 aliphatic rings. The molecular formula is C15H21NO3. The number of amides is 1. The Morgan fingerprint density at radius 2 is 2.00 bits per heavy atom. The van der Waals surface area contributed by atoms with Crippen molar-refractivity contribution < 1.29 is 14.7 Å². The predicted molar refractivity (Wildman–Crippen MR) is 74.1 cm³/mol. The van der Waals surface area contributed by atoms with Gasteiger partial charge in [-0.05, 0) is 43.4 Å². The second-order valence-electron chi connectivity index (χ2n) is 4.89. The van der Waals surface area contributed by atoms with Crippen molar-refractivity contribution in [3.05, 3.63) is 34.9 Å². The van der Waals surface area contributed by atoms with Crippen molar-refractivity contribution in [2.24, 2.45) is 0 Å². The topological polar surface area (TPSA) is 66.4 Å². The number of carbonyl (C=O) groups excluding carboxylic acids is 1. The summed E-state index contributed by atoms with van der Waals surface area (Å²) in [5.74, 6) is -0.961. The van der Waals surface area contributed by atoms with Gasteiger partial charge < -0.3 is 10.4 Å². The van der Waals surface area contributed by atoms with Gasteiger partial charge in [-0.3, -0.25) is 9.59 Å². The van der Waals surface area contributed by atoms with Crippen LogP contribution in [-0.4, -0.2) is 23.0 Å². The van der Waals surface area contributed by atoms with Gasteiger partial charge >= 0.3 is 5.97 Å². The van der Waals surface area contributed by atoms with Crippen molar-refractivity contribution in [3.8, 4) is 0 Å². The predicted octanol–water partition coefficient (Wildman–Crippen LogP) is 2.22. The lowest BCUT2D eigenvalue weighted by Gasteiger charge is -2.19. The zero-order chi connectivity index (χ0) is 14.4. The van der Waals surface area contributed by atoms with Gasteiger partial charge in [0.2, 0.25) is 5.91 Å². The van der Waals surface area contributed by atoms with Gasteiger partial charge in [0.15, 0.2) is 0 Å². The molecule has 4 heteroatoms. The van der Waals surface area contributed by atoms with Crippen LogP contribution in [-0.2, 0) is 16.0 Å². The minimum atomic E-state index is -0.837. The SMILES string of the molecule is CC(=O)NC(CCC(=O)O)Cc1cccc(C)c1C. The summed E-state index contributed by atoms with van der Waals surface area (Å²) < 4.78 is 0. The van der Waals surface area contributed by atoms with Crippen molar-refractivity contribution in [1.29, 1.82) is 0 Å². The third kappa shape index (κ3) is 5.12. The van der Waals surface area contributed by atoms with Gasteiger partial charge in [-0.25, -0.2) is 0 Å². The van der Waals surface area contributed by atoms with Crippen LogP contribution >= 0.6 is 0 Å². The molecule has 1 rings (SSSR count). The molecule has 0 fully saturated rings. The molecule has 0 heterocycles. The van der Waals surface area contributed by atoms with Crippen LogP contribution in [0.15, 0.2) is 18.2 Å². The van der Waals surface area contributed by atoms with Gasteiger partial charge in [-0.15, -0.1) is 0 Å². The van der Waals surface area contributed by atoms with E-state index in [-0.39, 0.29) is 18.4 Å². The van der Waals surface area contributed by atoms with Gasteiger partial charge in [0.25, 0.3) is 0 Å². The molecule has 1 amide bonds. The highest BCUT2D eigenvalue weighted by Crippen LogP contribution is 2.16. The number of aliphatic carboxylic acids is 1. The smallest absolute Gasteiger partial charge is 0.303 e. The van der Waals surface area contributed by atoms with Crippen molar-refractivity contribution in [3.63, 3.8) is 0 Å². The van der Waals surface area contributed by atoms with E-state index in [9.17, 15) is 9.59 Å². The molecule has 1 unspecified atom stereocenters. The molecule has 0 saturated heterocycles. The highest BCUT2D eigenvalue weighted by Gasteiger charge is 2.14. The first-order chi connectivity index (χ1) is 8.90. The Bertz CT molecular complexity index is 468. The largest absolute Gasteiger partial charge is 0.481 e. The maximum absolute atomic E-state index is 11.2. The molecule has 2 N–H and O–H groups in total. The van der Waals surface area contributed by atoms with Crippen LogP contribution in [0.2, 0.25) is 0 Å².